The second-order valence-electron chi connectivity index (χ2n) is 4.61. The van der Waals surface area contributed by atoms with Crippen LogP contribution < -0.4 is 4.74 Å². The van der Waals surface area contributed by atoms with Crippen LogP contribution in [0.15, 0.2) is 18.2 Å². The van der Waals surface area contributed by atoms with Crippen LogP contribution in [0.1, 0.15) is 27.1 Å². The van der Waals surface area contributed by atoms with Gasteiger partial charge < -0.3 is 15.0 Å². The first-order chi connectivity index (χ1) is 9.56. The van der Waals surface area contributed by atoms with Crippen molar-refractivity contribution in [2.24, 2.45) is 0 Å². The first-order valence-electron chi connectivity index (χ1n) is 6.09. The molecule has 1 aromatic rings. The fraction of sp³-hybridized carbons (Fsp3) is 0.308. The lowest BCUT2D eigenvalue weighted by atomic mass is 10.1. The van der Waals surface area contributed by atoms with Crippen LogP contribution in [0.2, 0.25) is 0 Å². The SMILES string of the molecule is COc1cccc2c1C(=O)N(C1CCN([O-])C1=O)C2=O. The number of rotatable bonds is 2. The number of carbonyl (C=O) groups excluding carboxylic acids is 3. The molecule has 0 saturated carbocycles. The van der Waals surface area contributed by atoms with Gasteiger partial charge in [-0.05, 0) is 18.6 Å². The Balaban J connectivity index is 2.04. The number of imide groups is 1. The van der Waals surface area contributed by atoms with E-state index in [9.17, 15) is 19.6 Å². The highest BCUT2D eigenvalue weighted by Gasteiger charge is 2.46. The molecule has 2 aliphatic rings. The second kappa shape index (κ2) is 4.31. The molecule has 0 spiro atoms. The molecule has 1 saturated heterocycles. The number of nitrogens with zero attached hydrogens (tertiary/aromatic N) is 2. The van der Waals surface area contributed by atoms with E-state index in [2.05, 4.69) is 0 Å². The van der Waals surface area contributed by atoms with Gasteiger partial charge in [-0.25, -0.2) is 0 Å². The van der Waals surface area contributed by atoms with Crippen molar-refractivity contribution < 1.29 is 19.1 Å². The fourth-order valence-electron chi connectivity index (χ4n) is 2.60. The highest BCUT2D eigenvalue weighted by molar-refractivity contribution is 6.24. The van der Waals surface area contributed by atoms with Gasteiger partial charge in [-0.1, -0.05) is 6.07 Å². The Labute approximate surface area is 114 Å². The summed E-state index contributed by atoms with van der Waals surface area (Å²) in [4.78, 5) is 37.3. The molecule has 7 nitrogen and oxygen atoms in total. The minimum Gasteiger partial charge on any atom is -0.756 e. The van der Waals surface area contributed by atoms with Crippen molar-refractivity contribution in [1.29, 1.82) is 0 Å². The molecular weight excluding hydrogens is 264 g/mol. The molecular formula is C13H11N2O5-. The first-order valence-corrected chi connectivity index (χ1v) is 6.09. The summed E-state index contributed by atoms with van der Waals surface area (Å²) in [5, 5.41) is 11.5. The zero-order chi connectivity index (χ0) is 14.4. The predicted molar refractivity (Wildman–Crippen MR) is 67.0 cm³/mol. The Morgan fingerprint density at radius 3 is 2.60 bits per heavy atom. The Hall–Kier alpha value is -2.41. The predicted octanol–water partition coefficient (Wildman–Crippen LogP) is 0.390. The van der Waals surface area contributed by atoms with E-state index in [1.807, 2.05) is 0 Å². The van der Waals surface area contributed by atoms with Crippen molar-refractivity contribution in [3.8, 4) is 5.75 Å². The van der Waals surface area contributed by atoms with Gasteiger partial charge in [0.15, 0.2) is 0 Å². The molecule has 0 N–H and O–H groups in total. The molecule has 20 heavy (non-hydrogen) atoms. The van der Waals surface area contributed by atoms with Crippen LogP contribution in [-0.4, -0.2) is 47.4 Å². The first kappa shape index (κ1) is 12.6. The summed E-state index contributed by atoms with van der Waals surface area (Å²) in [6, 6.07) is 3.67. The van der Waals surface area contributed by atoms with Crippen molar-refractivity contribution in [3.63, 3.8) is 0 Å². The average Bonchev–Trinajstić information content (AvgIpc) is 2.90. The third-order valence-electron chi connectivity index (χ3n) is 3.58. The molecule has 3 rings (SSSR count). The van der Waals surface area contributed by atoms with Crippen molar-refractivity contribution in [3.05, 3.63) is 34.5 Å². The topological polar surface area (TPSA) is 90.0 Å². The van der Waals surface area contributed by atoms with Crippen LogP contribution in [0.3, 0.4) is 0 Å². The van der Waals surface area contributed by atoms with Gasteiger partial charge in [-0.2, -0.15) is 0 Å². The minimum atomic E-state index is -1.01. The Morgan fingerprint density at radius 2 is 2.00 bits per heavy atom. The smallest absolute Gasteiger partial charge is 0.266 e. The van der Waals surface area contributed by atoms with Crippen LogP contribution in [0, 0.1) is 5.21 Å². The third-order valence-corrected chi connectivity index (χ3v) is 3.58. The van der Waals surface area contributed by atoms with Crippen LogP contribution in [0.25, 0.3) is 0 Å². The molecule has 1 atom stereocenters. The Morgan fingerprint density at radius 1 is 1.25 bits per heavy atom. The number of benzene rings is 1. The number of hydroxylamine groups is 2. The van der Waals surface area contributed by atoms with Gasteiger partial charge in [0, 0.05) is 6.54 Å². The van der Waals surface area contributed by atoms with Crippen LogP contribution in [0.4, 0.5) is 0 Å². The van der Waals surface area contributed by atoms with Gasteiger partial charge in [-0.15, -0.1) is 0 Å². The van der Waals surface area contributed by atoms with Gasteiger partial charge in [0.1, 0.15) is 11.8 Å². The molecule has 2 aliphatic heterocycles. The molecule has 0 aromatic heterocycles. The number of hydrogen-bond acceptors (Lipinski definition) is 5. The summed E-state index contributed by atoms with van der Waals surface area (Å²) in [5.41, 5.74) is 0.351. The van der Waals surface area contributed by atoms with E-state index in [4.69, 9.17) is 4.74 Å². The standard InChI is InChI=1S/C13H11N2O5/c1-20-9-4-2-3-7-10(9)13(18)15(11(7)16)8-5-6-14(19)12(8)17/h2-4,8H,5-6H2,1H3/q-1. The maximum atomic E-state index is 12.4. The van der Waals surface area contributed by atoms with E-state index in [0.29, 0.717) is 0 Å². The molecule has 0 radical (unpaired) electrons. The summed E-state index contributed by atoms with van der Waals surface area (Å²) in [6.07, 6.45) is 0.163. The fourth-order valence-corrected chi connectivity index (χ4v) is 2.60. The third kappa shape index (κ3) is 1.53. The van der Waals surface area contributed by atoms with Gasteiger partial charge in [-0.3, -0.25) is 19.3 Å². The number of methoxy groups -OCH3 is 1. The molecule has 0 aliphatic carbocycles. The Bertz CT molecular complexity index is 627. The van der Waals surface area contributed by atoms with Crippen molar-refractivity contribution in [2.45, 2.75) is 12.5 Å². The summed E-state index contributed by atoms with van der Waals surface area (Å²) in [7, 11) is 1.40. The van der Waals surface area contributed by atoms with E-state index in [1.54, 1.807) is 12.1 Å². The van der Waals surface area contributed by atoms with Crippen LogP contribution >= 0.6 is 0 Å². The largest absolute Gasteiger partial charge is 0.756 e. The number of ether oxygens (including phenoxy) is 1. The number of hydrogen-bond donors (Lipinski definition) is 0. The van der Waals surface area contributed by atoms with Gasteiger partial charge in [0.25, 0.3) is 11.8 Å². The lowest BCUT2D eigenvalue weighted by molar-refractivity contribution is -0.128. The molecule has 7 heteroatoms. The summed E-state index contributed by atoms with van der Waals surface area (Å²) in [5.74, 6) is -1.61. The van der Waals surface area contributed by atoms with Gasteiger partial charge in [0.05, 0.1) is 18.2 Å². The number of carbonyl (C=O) groups is 3. The lowest BCUT2D eigenvalue weighted by Gasteiger charge is -2.24. The molecule has 3 amide bonds. The van der Waals surface area contributed by atoms with E-state index in [1.165, 1.54) is 13.2 Å². The molecule has 2 heterocycles. The summed E-state index contributed by atoms with van der Waals surface area (Å²) in [6.45, 7) is -0.00591. The minimum absolute atomic E-state index is 0.00591. The van der Waals surface area contributed by atoms with Crippen molar-refractivity contribution in [2.75, 3.05) is 13.7 Å². The van der Waals surface area contributed by atoms with Gasteiger partial charge >= 0.3 is 0 Å². The van der Waals surface area contributed by atoms with Crippen molar-refractivity contribution in [1.82, 2.24) is 9.96 Å². The molecule has 1 unspecified atom stereocenters. The molecule has 1 fully saturated rings. The zero-order valence-electron chi connectivity index (χ0n) is 10.7. The quantitative estimate of drug-likeness (QED) is 0.728. The molecule has 1 aromatic carbocycles. The highest BCUT2D eigenvalue weighted by atomic mass is 16.5. The highest BCUT2D eigenvalue weighted by Crippen LogP contribution is 2.33. The van der Waals surface area contributed by atoms with Crippen LogP contribution in [0.5, 0.6) is 5.75 Å². The maximum absolute atomic E-state index is 12.4. The molecule has 0 bridgehead atoms. The van der Waals surface area contributed by atoms with E-state index >= 15 is 0 Å². The van der Waals surface area contributed by atoms with Crippen LogP contribution in [-0.2, 0) is 4.79 Å². The Kier molecular flexibility index (Phi) is 2.72. The lowest BCUT2D eigenvalue weighted by Crippen LogP contribution is -2.44. The summed E-state index contributed by atoms with van der Waals surface area (Å²) < 4.78 is 5.08. The van der Waals surface area contributed by atoms with E-state index < -0.39 is 23.8 Å². The normalized spacial score (nSPS) is 21.7. The zero-order valence-corrected chi connectivity index (χ0v) is 10.7. The number of amides is 3. The van der Waals surface area contributed by atoms with Crippen molar-refractivity contribution >= 4 is 17.7 Å². The second-order valence-corrected chi connectivity index (χ2v) is 4.61. The van der Waals surface area contributed by atoms with Gasteiger partial charge in [0.2, 0.25) is 5.91 Å². The molecule has 104 valence electrons. The average molecular weight is 275 g/mol. The van der Waals surface area contributed by atoms with E-state index in [0.717, 1.165) is 4.90 Å². The van der Waals surface area contributed by atoms with E-state index in [-0.39, 0.29) is 34.9 Å². The maximum Gasteiger partial charge on any atom is 0.266 e. The monoisotopic (exact) mass is 275 g/mol. The number of fused-ring (bicyclic) bond motifs is 1. The summed E-state index contributed by atoms with van der Waals surface area (Å²) >= 11 is 0.